The van der Waals surface area contributed by atoms with Crippen LogP contribution < -0.4 is 16.7 Å². The molecule has 6 nitrogen and oxygen atoms in total. The molecule has 0 radical (unpaired) electrons. The normalized spacial score (nSPS) is 21.7. The van der Waals surface area contributed by atoms with E-state index in [0.717, 1.165) is 17.7 Å². The van der Waals surface area contributed by atoms with Crippen molar-refractivity contribution in [2.45, 2.75) is 18.5 Å². The van der Waals surface area contributed by atoms with Gasteiger partial charge in [0.1, 0.15) is 6.34 Å². The van der Waals surface area contributed by atoms with Crippen LogP contribution in [0.1, 0.15) is 18.0 Å². The van der Waals surface area contributed by atoms with Crippen LogP contribution in [0.2, 0.25) is 5.02 Å². The Kier molecular flexibility index (Phi) is 4.89. The van der Waals surface area contributed by atoms with E-state index in [4.69, 9.17) is 17.3 Å². The molecule has 0 aromatic heterocycles. The van der Waals surface area contributed by atoms with Gasteiger partial charge in [0.15, 0.2) is 0 Å². The van der Waals surface area contributed by atoms with Crippen LogP contribution in [-0.4, -0.2) is 29.4 Å². The minimum absolute atomic E-state index is 0.0913. The minimum Gasteiger partial charge on any atom is -0.388 e. The standard InChI is InChI=1S/C17H21ClN6/c1-3-24(20-11-19)17(12-4-7-14(18)8-5-12)13-6-9-15-16(10-13)23(2)22-21-15/h3-9,11,16-17,21-22H,1,10H2,2H3,(H2,19,20). The molecule has 0 amide bonds. The van der Waals surface area contributed by atoms with E-state index < -0.39 is 0 Å². The lowest BCUT2D eigenvalue weighted by Crippen LogP contribution is -2.36. The molecule has 2 atom stereocenters. The molecule has 1 aliphatic carbocycles. The molecule has 1 aromatic carbocycles. The number of fused-ring (bicyclic) bond motifs is 1. The summed E-state index contributed by atoms with van der Waals surface area (Å²) in [5.41, 5.74) is 15.3. The van der Waals surface area contributed by atoms with Crippen LogP contribution in [0.4, 0.5) is 0 Å². The number of halogens is 1. The van der Waals surface area contributed by atoms with Gasteiger partial charge in [-0.05, 0) is 35.8 Å². The molecule has 0 spiro atoms. The average Bonchev–Trinajstić information content (AvgIpc) is 2.97. The van der Waals surface area contributed by atoms with Gasteiger partial charge in [0.25, 0.3) is 0 Å². The first kappa shape index (κ1) is 16.6. The van der Waals surface area contributed by atoms with Crippen molar-refractivity contribution in [3.63, 3.8) is 0 Å². The van der Waals surface area contributed by atoms with Crippen LogP contribution >= 0.6 is 11.6 Å². The average molecular weight is 345 g/mol. The van der Waals surface area contributed by atoms with Crippen molar-refractivity contribution < 1.29 is 0 Å². The summed E-state index contributed by atoms with van der Waals surface area (Å²) in [6.45, 7) is 3.87. The number of nitrogens with zero attached hydrogens (tertiary/aromatic N) is 3. The first-order chi connectivity index (χ1) is 11.6. The van der Waals surface area contributed by atoms with E-state index in [-0.39, 0.29) is 12.1 Å². The number of hydrogen-bond acceptors (Lipinski definition) is 5. The fraction of sp³-hybridized carbons (Fsp3) is 0.235. The van der Waals surface area contributed by atoms with Crippen LogP contribution in [0.15, 0.2) is 65.6 Å². The summed E-state index contributed by atoms with van der Waals surface area (Å²) in [5.74, 6) is 0. The number of nitrogens with one attached hydrogen (secondary N) is 2. The maximum Gasteiger partial charge on any atom is 0.106 e. The second-order valence-electron chi connectivity index (χ2n) is 5.71. The topological polar surface area (TPSA) is 68.9 Å². The zero-order valence-corrected chi connectivity index (χ0v) is 14.2. The lowest BCUT2D eigenvalue weighted by atomic mass is 9.88. The predicted octanol–water partition coefficient (Wildman–Crippen LogP) is 2.27. The quantitative estimate of drug-likeness (QED) is 0.434. The number of likely N-dealkylation sites (N-methyl/N-ethyl adjacent to an activating group) is 1. The minimum atomic E-state index is -0.0913. The van der Waals surface area contributed by atoms with Gasteiger partial charge in [0.05, 0.1) is 12.1 Å². The number of nitrogens with two attached hydrogens (primary N) is 1. The Bertz CT molecular complexity index is 694. The lowest BCUT2D eigenvalue weighted by Gasteiger charge is -2.32. The highest BCUT2D eigenvalue weighted by atomic mass is 35.5. The van der Waals surface area contributed by atoms with Crippen LogP contribution in [0.3, 0.4) is 0 Å². The summed E-state index contributed by atoms with van der Waals surface area (Å²) in [6.07, 6.45) is 8.04. The molecule has 7 heteroatoms. The van der Waals surface area contributed by atoms with Gasteiger partial charge in [-0.25, -0.2) is 5.01 Å². The van der Waals surface area contributed by atoms with Crippen molar-refractivity contribution in [3.05, 3.63) is 71.1 Å². The molecule has 0 saturated carbocycles. The van der Waals surface area contributed by atoms with E-state index in [2.05, 4.69) is 39.8 Å². The third-order valence-corrected chi connectivity index (χ3v) is 4.55. The summed E-state index contributed by atoms with van der Waals surface area (Å²) in [6, 6.07) is 7.94. The van der Waals surface area contributed by atoms with E-state index in [9.17, 15) is 0 Å². The van der Waals surface area contributed by atoms with Crippen LogP contribution in [0, 0.1) is 0 Å². The summed E-state index contributed by atoms with van der Waals surface area (Å²) in [4.78, 5) is 0. The van der Waals surface area contributed by atoms with Crippen molar-refractivity contribution in [2.24, 2.45) is 10.8 Å². The van der Waals surface area contributed by atoms with Gasteiger partial charge in [-0.2, -0.15) is 10.6 Å². The number of rotatable bonds is 5. The number of hydrazine groups is 2. The zero-order chi connectivity index (χ0) is 17.1. The maximum atomic E-state index is 6.04. The molecular formula is C17H21ClN6. The van der Waals surface area contributed by atoms with E-state index >= 15 is 0 Å². The summed E-state index contributed by atoms with van der Waals surface area (Å²) in [7, 11) is 2.02. The van der Waals surface area contributed by atoms with Gasteiger partial charge in [-0.15, -0.1) is 0 Å². The molecule has 3 rings (SSSR count). The third kappa shape index (κ3) is 3.17. The SMILES string of the molecule is C=CN(/N=C\N)C(C1=CC=C2NNN(C)C2C1)c1ccc(Cl)cc1. The first-order valence-corrected chi connectivity index (χ1v) is 8.07. The van der Waals surface area contributed by atoms with Crippen molar-refractivity contribution >= 4 is 17.9 Å². The van der Waals surface area contributed by atoms with Gasteiger partial charge < -0.3 is 11.2 Å². The van der Waals surface area contributed by atoms with E-state index in [0.29, 0.717) is 5.02 Å². The lowest BCUT2D eigenvalue weighted by molar-refractivity contribution is 0.221. The number of hydrogen-bond donors (Lipinski definition) is 3. The molecule has 0 bridgehead atoms. The Labute approximate surface area is 146 Å². The molecule has 1 heterocycles. The van der Waals surface area contributed by atoms with Gasteiger partial charge in [0.2, 0.25) is 0 Å². The molecule has 1 aliphatic heterocycles. The molecule has 1 fully saturated rings. The van der Waals surface area contributed by atoms with E-state index in [1.54, 1.807) is 11.2 Å². The highest BCUT2D eigenvalue weighted by molar-refractivity contribution is 6.30. The number of benzene rings is 1. The molecule has 1 aromatic rings. The third-order valence-electron chi connectivity index (χ3n) is 4.30. The van der Waals surface area contributed by atoms with Crippen molar-refractivity contribution in [1.29, 1.82) is 0 Å². The number of allylic oxidation sites excluding steroid dienone is 2. The number of hydrazone groups is 1. The van der Waals surface area contributed by atoms with Crippen LogP contribution in [0.5, 0.6) is 0 Å². The van der Waals surface area contributed by atoms with Gasteiger partial charge in [0, 0.05) is 24.0 Å². The monoisotopic (exact) mass is 344 g/mol. The fourth-order valence-corrected chi connectivity index (χ4v) is 3.22. The maximum absolute atomic E-state index is 6.04. The summed E-state index contributed by atoms with van der Waals surface area (Å²) in [5, 5.41) is 8.78. The first-order valence-electron chi connectivity index (χ1n) is 7.69. The molecule has 4 N–H and O–H groups in total. The van der Waals surface area contributed by atoms with Crippen molar-refractivity contribution in [2.75, 3.05) is 7.05 Å². The molecular weight excluding hydrogens is 324 g/mol. The summed E-state index contributed by atoms with van der Waals surface area (Å²) >= 11 is 6.04. The molecule has 2 aliphatic rings. The van der Waals surface area contributed by atoms with Crippen LogP contribution in [0.25, 0.3) is 0 Å². The molecule has 24 heavy (non-hydrogen) atoms. The highest BCUT2D eigenvalue weighted by Gasteiger charge is 2.33. The fourth-order valence-electron chi connectivity index (χ4n) is 3.09. The van der Waals surface area contributed by atoms with Gasteiger partial charge >= 0.3 is 0 Å². The van der Waals surface area contributed by atoms with E-state index in [1.165, 1.54) is 11.9 Å². The predicted molar refractivity (Wildman–Crippen MR) is 97.5 cm³/mol. The summed E-state index contributed by atoms with van der Waals surface area (Å²) < 4.78 is 0. The Morgan fingerprint density at radius 3 is 2.83 bits per heavy atom. The zero-order valence-electron chi connectivity index (χ0n) is 13.5. The highest BCUT2D eigenvalue weighted by Crippen LogP contribution is 2.36. The Hall–Kier alpha value is -2.28. The second kappa shape index (κ2) is 7.09. The smallest absolute Gasteiger partial charge is 0.106 e. The largest absolute Gasteiger partial charge is 0.388 e. The van der Waals surface area contributed by atoms with Crippen LogP contribution in [-0.2, 0) is 0 Å². The Morgan fingerprint density at radius 2 is 2.17 bits per heavy atom. The Morgan fingerprint density at radius 1 is 1.42 bits per heavy atom. The second-order valence-corrected chi connectivity index (χ2v) is 6.15. The van der Waals surface area contributed by atoms with Crippen molar-refractivity contribution in [3.8, 4) is 0 Å². The van der Waals surface area contributed by atoms with Gasteiger partial charge in [-0.1, -0.05) is 36.4 Å². The van der Waals surface area contributed by atoms with E-state index in [1.807, 2.05) is 31.3 Å². The van der Waals surface area contributed by atoms with Crippen molar-refractivity contribution in [1.82, 2.24) is 21.0 Å². The molecule has 1 saturated heterocycles. The molecule has 2 unspecified atom stereocenters. The van der Waals surface area contributed by atoms with Gasteiger partial charge in [-0.3, -0.25) is 5.01 Å². The molecule has 126 valence electrons. The Balaban J connectivity index is 1.98.